The summed E-state index contributed by atoms with van der Waals surface area (Å²) < 4.78 is 40.4. The molecule has 0 aliphatic carbocycles. The number of fused-ring (bicyclic) bond motifs is 1. The maximum Gasteiger partial charge on any atom is 0.416 e. The number of carbonyl (C=O) groups excluding carboxylic acids is 1. The molecule has 2 unspecified atom stereocenters. The van der Waals surface area contributed by atoms with E-state index in [9.17, 15) is 18.0 Å². The number of hydrogen-bond donors (Lipinski definition) is 2. The minimum Gasteiger partial charge on any atom is -0.363 e. The van der Waals surface area contributed by atoms with Crippen LogP contribution in [0, 0.1) is 0 Å². The molecule has 0 radical (unpaired) electrons. The van der Waals surface area contributed by atoms with Gasteiger partial charge in [-0.3, -0.25) is 4.79 Å². The van der Waals surface area contributed by atoms with Gasteiger partial charge < -0.3 is 10.6 Å². The zero-order valence-electron chi connectivity index (χ0n) is 18.1. The summed E-state index contributed by atoms with van der Waals surface area (Å²) in [6.45, 7) is 5.57. The minimum atomic E-state index is -4.40. The lowest BCUT2D eigenvalue weighted by molar-refractivity contribution is -0.137. The van der Waals surface area contributed by atoms with Crippen molar-refractivity contribution in [1.29, 1.82) is 0 Å². The Morgan fingerprint density at radius 3 is 2.31 bits per heavy atom. The summed E-state index contributed by atoms with van der Waals surface area (Å²) in [6, 6.07) is 15.0. The molecule has 1 aliphatic heterocycles. The Bertz CT molecular complexity index is 1100. The molecule has 0 bridgehead atoms. The van der Waals surface area contributed by atoms with Gasteiger partial charge in [0.05, 0.1) is 29.4 Å². The highest BCUT2D eigenvalue weighted by Gasteiger charge is 2.33. The van der Waals surface area contributed by atoms with Gasteiger partial charge in [-0.2, -0.15) is 18.3 Å². The van der Waals surface area contributed by atoms with Gasteiger partial charge in [0.25, 0.3) is 5.91 Å². The van der Waals surface area contributed by atoms with Crippen molar-refractivity contribution in [3.63, 3.8) is 0 Å². The van der Waals surface area contributed by atoms with E-state index in [-0.39, 0.29) is 18.0 Å². The Kier molecular flexibility index (Phi) is 5.48. The van der Waals surface area contributed by atoms with E-state index in [0.717, 1.165) is 24.1 Å². The predicted molar refractivity (Wildman–Crippen MR) is 116 cm³/mol. The average molecular weight is 442 g/mol. The number of nitrogens with zero attached hydrogens (tertiary/aromatic N) is 2. The van der Waals surface area contributed by atoms with Crippen molar-refractivity contribution in [3.05, 3.63) is 83.0 Å². The second kappa shape index (κ2) is 8.00. The maximum atomic E-state index is 13.2. The molecule has 32 heavy (non-hydrogen) atoms. The third kappa shape index (κ3) is 4.22. The van der Waals surface area contributed by atoms with E-state index in [1.165, 1.54) is 18.3 Å². The van der Waals surface area contributed by atoms with Crippen LogP contribution in [0.25, 0.3) is 0 Å². The largest absolute Gasteiger partial charge is 0.416 e. The van der Waals surface area contributed by atoms with Gasteiger partial charge in [-0.05, 0) is 50.5 Å². The van der Waals surface area contributed by atoms with Gasteiger partial charge in [-0.1, -0.05) is 42.5 Å². The molecule has 2 heterocycles. The van der Waals surface area contributed by atoms with E-state index in [4.69, 9.17) is 0 Å². The van der Waals surface area contributed by atoms with E-state index in [1.54, 1.807) is 18.5 Å². The van der Waals surface area contributed by atoms with Crippen molar-refractivity contribution in [2.75, 3.05) is 5.32 Å². The quantitative estimate of drug-likeness (QED) is 0.546. The Labute approximate surface area is 184 Å². The number of hydrogen-bond acceptors (Lipinski definition) is 3. The summed E-state index contributed by atoms with van der Waals surface area (Å²) in [6.07, 6.45) is -2.04. The number of aromatic nitrogens is 2. The van der Waals surface area contributed by atoms with Crippen molar-refractivity contribution in [2.24, 2.45) is 0 Å². The molecule has 1 amide bonds. The molecule has 8 heteroatoms. The number of amides is 1. The van der Waals surface area contributed by atoms with Crippen LogP contribution < -0.4 is 10.6 Å². The zero-order valence-corrected chi connectivity index (χ0v) is 18.1. The minimum absolute atomic E-state index is 0.0462. The fourth-order valence-electron chi connectivity index (χ4n) is 4.08. The first kappa shape index (κ1) is 21.9. The summed E-state index contributed by atoms with van der Waals surface area (Å²) >= 11 is 0. The van der Waals surface area contributed by atoms with Gasteiger partial charge in [-0.15, -0.1) is 0 Å². The van der Waals surface area contributed by atoms with E-state index < -0.39 is 17.3 Å². The highest BCUT2D eigenvalue weighted by molar-refractivity contribution is 5.99. The molecule has 168 valence electrons. The number of halogens is 3. The van der Waals surface area contributed by atoms with Crippen molar-refractivity contribution >= 4 is 11.7 Å². The van der Waals surface area contributed by atoms with Crippen molar-refractivity contribution in [2.45, 2.75) is 51.0 Å². The van der Waals surface area contributed by atoms with Gasteiger partial charge in [0.15, 0.2) is 0 Å². The molecule has 3 aromatic rings. The standard InChI is InChI=1S/C24H25F3N4O/c1-15-13-20(16-7-5-4-6-8-16)29-21-19(14-28-31(15)21)22(32)30-23(2,3)17-9-11-18(12-10-17)24(25,26)27/h4-12,14-15,20,29H,13H2,1-3H3,(H,30,32). The molecule has 2 aromatic carbocycles. The van der Waals surface area contributed by atoms with Crippen molar-refractivity contribution in [1.82, 2.24) is 15.1 Å². The lowest BCUT2D eigenvalue weighted by Gasteiger charge is -2.32. The second-order valence-corrected chi connectivity index (χ2v) is 8.70. The van der Waals surface area contributed by atoms with Crippen LogP contribution in [-0.4, -0.2) is 15.7 Å². The number of rotatable bonds is 4. The van der Waals surface area contributed by atoms with Gasteiger partial charge in [0, 0.05) is 0 Å². The number of anilines is 1. The smallest absolute Gasteiger partial charge is 0.363 e. The number of carbonyl (C=O) groups is 1. The molecule has 0 fully saturated rings. The van der Waals surface area contributed by atoms with Gasteiger partial charge in [0.1, 0.15) is 11.4 Å². The summed E-state index contributed by atoms with van der Waals surface area (Å²) in [4.78, 5) is 13.2. The number of benzene rings is 2. The molecule has 0 spiro atoms. The van der Waals surface area contributed by atoms with Crippen LogP contribution in [0.5, 0.6) is 0 Å². The number of alkyl halides is 3. The highest BCUT2D eigenvalue weighted by Crippen LogP contribution is 2.37. The molecular weight excluding hydrogens is 417 g/mol. The van der Waals surface area contributed by atoms with Crippen molar-refractivity contribution < 1.29 is 18.0 Å². The van der Waals surface area contributed by atoms with E-state index >= 15 is 0 Å². The van der Waals surface area contributed by atoms with E-state index in [1.807, 2.05) is 30.3 Å². The zero-order chi connectivity index (χ0) is 23.1. The molecule has 0 saturated heterocycles. The van der Waals surface area contributed by atoms with Crippen LogP contribution in [-0.2, 0) is 11.7 Å². The Morgan fingerprint density at radius 1 is 1.06 bits per heavy atom. The fraction of sp³-hybridized carbons (Fsp3) is 0.333. The first-order valence-electron chi connectivity index (χ1n) is 10.5. The van der Waals surface area contributed by atoms with Crippen LogP contribution in [0.4, 0.5) is 19.0 Å². The highest BCUT2D eigenvalue weighted by atomic mass is 19.4. The van der Waals surface area contributed by atoms with Crippen LogP contribution in [0.1, 0.15) is 66.3 Å². The molecule has 4 rings (SSSR count). The Hall–Kier alpha value is -3.29. The third-order valence-corrected chi connectivity index (χ3v) is 5.91. The van der Waals surface area contributed by atoms with Gasteiger partial charge in [0.2, 0.25) is 0 Å². The maximum absolute atomic E-state index is 13.2. The third-order valence-electron chi connectivity index (χ3n) is 5.91. The van der Waals surface area contributed by atoms with Crippen molar-refractivity contribution in [3.8, 4) is 0 Å². The lowest BCUT2D eigenvalue weighted by Crippen LogP contribution is -2.41. The Morgan fingerprint density at radius 2 is 1.69 bits per heavy atom. The molecule has 2 N–H and O–H groups in total. The van der Waals surface area contributed by atoms with Gasteiger partial charge in [-0.25, -0.2) is 4.68 Å². The molecule has 1 aromatic heterocycles. The van der Waals surface area contributed by atoms with Crippen LogP contribution in [0.15, 0.2) is 60.8 Å². The van der Waals surface area contributed by atoms with E-state index in [2.05, 4.69) is 22.7 Å². The molecular formula is C24H25F3N4O. The normalized spacial score (nSPS) is 18.6. The summed E-state index contributed by atoms with van der Waals surface area (Å²) in [7, 11) is 0. The first-order valence-corrected chi connectivity index (χ1v) is 10.5. The second-order valence-electron chi connectivity index (χ2n) is 8.70. The lowest BCUT2D eigenvalue weighted by atomic mass is 9.93. The summed E-state index contributed by atoms with van der Waals surface area (Å²) in [5, 5.41) is 10.8. The van der Waals surface area contributed by atoms with Gasteiger partial charge >= 0.3 is 6.18 Å². The Balaban J connectivity index is 1.56. The fourth-order valence-corrected chi connectivity index (χ4v) is 4.08. The molecule has 1 aliphatic rings. The van der Waals surface area contributed by atoms with Crippen LogP contribution in [0.3, 0.4) is 0 Å². The monoisotopic (exact) mass is 442 g/mol. The first-order chi connectivity index (χ1) is 15.1. The molecule has 2 atom stereocenters. The summed E-state index contributed by atoms with van der Waals surface area (Å²) in [5.74, 6) is 0.294. The average Bonchev–Trinajstić information content (AvgIpc) is 3.18. The van der Waals surface area contributed by atoms with Crippen LogP contribution >= 0.6 is 0 Å². The molecule has 0 saturated carbocycles. The SMILES string of the molecule is CC1CC(c2ccccc2)Nc2c(C(=O)NC(C)(C)c3ccc(C(F)(F)F)cc3)cnn21. The molecule has 5 nitrogen and oxygen atoms in total. The topological polar surface area (TPSA) is 59.0 Å². The van der Waals surface area contributed by atoms with Crippen LogP contribution in [0.2, 0.25) is 0 Å². The summed E-state index contributed by atoms with van der Waals surface area (Å²) in [5.41, 5.74) is 0.498. The predicted octanol–water partition coefficient (Wildman–Crippen LogP) is 5.68. The van der Waals surface area contributed by atoms with E-state index in [0.29, 0.717) is 16.9 Å². The number of nitrogens with one attached hydrogen (secondary N) is 2.